The number of hydrogen-bond donors (Lipinski definition) is 2. The first-order chi connectivity index (χ1) is 8.24. The van der Waals surface area contributed by atoms with Gasteiger partial charge in [0.05, 0.1) is 0 Å². The number of rotatable bonds is 5. The molecule has 4 heteroatoms. The standard InChI is InChI=1S/C13H24N2OS/c1-17-13(5-2-6-13)10-15-12(16)9-11-3-7-14-8-4-11/h11,14H,2-10H2,1H3,(H,15,16). The molecular weight excluding hydrogens is 232 g/mol. The number of piperidine rings is 1. The highest BCUT2D eigenvalue weighted by Crippen LogP contribution is 2.42. The van der Waals surface area contributed by atoms with E-state index in [1.807, 2.05) is 11.8 Å². The molecule has 17 heavy (non-hydrogen) atoms. The van der Waals surface area contributed by atoms with E-state index in [-0.39, 0.29) is 5.91 Å². The zero-order chi connectivity index (χ0) is 12.1. The van der Waals surface area contributed by atoms with Crippen LogP contribution in [-0.2, 0) is 4.79 Å². The van der Waals surface area contributed by atoms with Crippen LogP contribution < -0.4 is 10.6 Å². The lowest BCUT2D eigenvalue weighted by Crippen LogP contribution is -2.45. The van der Waals surface area contributed by atoms with Gasteiger partial charge in [-0.2, -0.15) is 11.8 Å². The van der Waals surface area contributed by atoms with Gasteiger partial charge in [-0.05, 0) is 50.9 Å². The Balaban J connectivity index is 1.66. The van der Waals surface area contributed by atoms with E-state index >= 15 is 0 Å². The average Bonchev–Trinajstić information content (AvgIpc) is 2.29. The minimum absolute atomic E-state index is 0.261. The summed E-state index contributed by atoms with van der Waals surface area (Å²) >= 11 is 1.92. The first kappa shape index (κ1) is 13.2. The second-order valence-corrected chi connectivity index (χ2v) is 6.69. The maximum absolute atomic E-state index is 11.9. The quantitative estimate of drug-likeness (QED) is 0.788. The number of hydrogen-bond acceptors (Lipinski definition) is 3. The van der Waals surface area contributed by atoms with Gasteiger partial charge in [-0.15, -0.1) is 0 Å². The van der Waals surface area contributed by atoms with E-state index in [2.05, 4.69) is 16.9 Å². The Morgan fingerprint density at radius 1 is 1.41 bits per heavy atom. The highest BCUT2D eigenvalue weighted by molar-refractivity contribution is 8.00. The van der Waals surface area contributed by atoms with Crippen LogP contribution in [0.2, 0.25) is 0 Å². The van der Waals surface area contributed by atoms with Gasteiger partial charge in [0, 0.05) is 17.7 Å². The van der Waals surface area contributed by atoms with E-state index in [0.29, 0.717) is 10.7 Å². The van der Waals surface area contributed by atoms with E-state index in [4.69, 9.17) is 0 Å². The van der Waals surface area contributed by atoms with Gasteiger partial charge in [0.15, 0.2) is 0 Å². The fourth-order valence-electron chi connectivity index (χ4n) is 2.70. The van der Waals surface area contributed by atoms with Gasteiger partial charge < -0.3 is 10.6 Å². The van der Waals surface area contributed by atoms with Crippen LogP contribution in [0, 0.1) is 5.92 Å². The van der Waals surface area contributed by atoms with E-state index in [1.54, 1.807) is 0 Å². The number of carbonyl (C=O) groups excluding carboxylic acids is 1. The number of nitrogens with one attached hydrogen (secondary N) is 2. The summed E-state index contributed by atoms with van der Waals surface area (Å²) in [6.45, 7) is 3.03. The van der Waals surface area contributed by atoms with Crippen molar-refractivity contribution in [1.29, 1.82) is 0 Å². The van der Waals surface area contributed by atoms with E-state index in [1.165, 1.54) is 19.3 Å². The maximum atomic E-state index is 11.9. The van der Waals surface area contributed by atoms with Gasteiger partial charge >= 0.3 is 0 Å². The van der Waals surface area contributed by atoms with Crippen molar-refractivity contribution < 1.29 is 4.79 Å². The van der Waals surface area contributed by atoms with Crippen LogP contribution in [0.5, 0.6) is 0 Å². The molecule has 98 valence electrons. The van der Waals surface area contributed by atoms with Crippen LogP contribution in [0.25, 0.3) is 0 Å². The number of thioether (sulfide) groups is 1. The molecule has 0 bridgehead atoms. The Bertz CT molecular complexity index is 255. The average molecular weight is 256 g/mol. The van der Waals surface area contributed by atoms with Crippen LogP contribution in [0.4, 0.5) is 0 Å². The molecule has 1 saturated heterocycles. The molecule has 0 spiro atoms. The molecule has 2 N–H and O–H groups in total. The van der Waals surface area contributed by atoms with Crippen molar-refractivity contribution >= 4 is 17.7 Å². The van der Waals surface area contributed by atoms with Crippen molar-refractivity contribution in [2.45, 2.75) is 43.3 Å². The monoisotopic (exact) mass is 256 g/mol. The molecule has 1 saturated carbocycles. The summed E-state index contributed by atoms with van der Waals surface area (Å²) in [4.78, 5) is 11.9. The summed E-state index contributed by atoms with van der Waals surface area (Å²) < 4.78 is 0.365. The Kier molecular flexibility index (Phi) is 4.74. The van der Waals surface area contributed by atoms with E-state index < -0.39 is 0 Å². The largest absolute Gasteiger partial charge is 0.355 e. The van der Waals surface area contributed by atoms with Crippen molar-refractivity contribution in [1.82, 2.24) is 10.6 Å². The Morgan fingerprint density at radius 3 is 2.65 bits per heavy atom. The van der Waals surface area contributed by atoms with Crippen molar-refractivity contribution in [2.75, 3.05) is 25.9 Å². The van der Waals surface area contributed by atoms with Crippen molar-refractivity contribution in [3.63, 3.8) is 0 Å². The molecule has 2 aliphatic rings. The maximum Gasteiger partial charge on any atom is 0.220 e. The third-order valence-electron chi connectivity index (χ3n) is 4.24. The molecule has 1 aliphatic carbocycles. The summed E-state index contributed by atoms with van der Waals surface area (Å²) in [5.41, 5.74) is 0. The zero-order valence-electron chi connectivity index (χ0n) is 10.8. The second-order valence-electron chi connectivity index (χ2n) is 5.41. The topological polar surface area (TPSA) is 41.1 Å². The Labute approximate surface area is 108 Å². The van der Waals surface area contributed by atoms with Crippen LogP contribution in [0.1, 0.15) is 38.5 Å². The molecule has 0 aromatic carbocycles. The van der Waals surface area contributed by atoms with Crippen LogP contribution >= 0.6 is 11.8 Å². The molecule has 0 atom stereocenters. The van der Waals surface area contributed by atoms with Crippen molar-refractivity contribution in [2.24, 2.45) is 5.92 Å². The van der Waals surface area contributed by atoms with Crippen LogP contribution in [0.3, 0.4) is 0 Å². The number of amides is 1. The van der Waals surface area contributed by atoms with Crippen molar-refractivity contribution in [3.8, 4) is 0 Å². The third kappa shape index (κ3) is 3.62. The van der Waals surface area contributed by atoms with Crippen molar-refractivity contribution in [3.05, 3.63) is 0 Å². The fourth-order valence-corrected chi connectivity index (χ4v) is 3.62. The second kappa shape index (κ2) is 6.10. The fraction of sp³-hybridized carbons (Fsp3) is 0.923. The van der Waals surface area contributed by atoms with Gasteiger partial charge in [0.1, 0.15) is 0 Å². The van der Waals surface area contributed by atoms with Gasteiger partial charge in [-0.3, -0.25) is 4.79 Å². The molecule has 1 heterocycles. The first-order valence-corrected chi connectivity index (χ1v) is 7.99. The zero-order valence-corrected chi connectivity index (χ0v) is 11.6. The third-order valence-corrected chi connectivity index (χ3v) is 5.66. The highest BCUT2D eigenvalue weighted by atomic mass is 32.2. The summed E-state index contributed by atoms with van der Waals surface area (Å²) in [7, 11) is 0. The predicted molar refractivity (Wildman–Crippen MR) is 73.3 cm³/mol. The minimum atomic E-state index is 0.261. The molecule has 2 fully saturated rings. The SMILES string of the molecule is CSC1(CNC(=O)CC2CCNCC2)CCC1. The van der Waals surface area contributed by atoms with Crippen LogP contribution in [0.15, 0.2) is 0 Å². The molecule has 1 amide bonds. The molecule has 0 aromatic heterocycles. The molecule has 1 aliphatic heterocycles. The molecule has 0 aromatic rings. The predicted octanol–water partition coefficient (Wildman–Crippen LogP) is 1.78. The minimum Gasteiger partial charge on any atom is -0.355 e. The van der Waals surface area contributed by atoms with Crippen LogP contribution in [-0.4, -0.2) is 36.5 Å². The lowest BCUT2D eigenvalue weighted by Gasteiger charge is -2.40. The first-order valence-electron chi connectivity index (χ1n) is 6.77. The summed E-state index contributed by atoms with van der Waals surface area (Å²) in [6.07, 6.45) is 9.06. The molecule has 0 unspecified atom stereocenters. The summed E-state index contributed by atoms with van der Waals surface area (Å²) in [5.74, 6) is 0.861. The van der Waals surface area contributed by atoms with Gasteiger partial charge in [-0.1, -0.05) is 6.42 Å². The van der Waals surface area contributed by atoms with Gasteiger partial charge in [-0.25, -0.2) is 0 Å². The Morgan fingerprint density at radius 2 is 2.12 bits per heavy atom. The lowest BCUT2D eigenvalue weighted by atomic mass is 9.84. The van der Waals surface area contributed by atoms with E-state index in [0.717, 1.165) is 38.9 Å². The number of carbonyl (C=O) groups is 1. The molecule has 2 rings (SSSR count). The van der Waals surface area contributed by atoms with E-state index in [9.17, 15) is 4.79 Å². The summed E-state index contributed by atoms with van der Waals surface area (Å²) in [6, 6.07) is 0. The Hall–Kier alpha value is -0.220. The summed E-state index contributed by atoms with van der Waals surface area (Å²) in [5, 5.41) is 6.48. The molecule has 0 radical (unpaired) electrons. The van der Waals surface area contributed by atoms with Gasteiger partial charge in [0.2, 0.25) is 5.91 Å². The molecule has 3 nitrogen and oxygen atoms in total. The van der Waals surface area contributed by atoms with Gasteiger partial charge in [0.25, 0.3) is 0 Å². The smallest absolute Gasteiger partial charge is 0.220 e. The normalized spacial score (nSPS) is 24.1. The lowest BCUT2D eigenvalue weighted by molar-refractivity contribution is -0.122. The molecular formula is C13H24N2OS. The highest BCUT2D eigenvalue weighted by Gasteiger charge is 2.36.